The van der Waals surface area contributed by atoms with Crippen molar-refractivity contribution in [3.05, 3.63) is 54.6 Å². The van der Waals surface area contributed by atoms with Gasteiger partial charge >= 0.3 is 0 Å². The molecule has 2 aromatic carbocycles. The number of anilines is 3. The summed E-state index contributed by atoms with van der Waals surface area (Å²) in [4.78, 5) is 37.6. The number of carbonyl (C=O) groups is 3. The van der Waals surface area contributed by atoms with Crippen LogP contribution in [0.15, 0.2) is 54.6 Å². The van der Waals surface area contributed by atoms with Gasteiger partial charge in [0.15, 0.2) is 0 Å². The van der Waals surface area contributed by atoms with Crippen molar-refractivity contribution in [3.8, 4) is 0 Å². The summed E-state index contributed by atoms with van der Waals surface area (Å²) in [5.41, 5.74) is 1.90. The molecular formula is C19H19N3O3. The lowest BCUT2D eigenvalue weighted by atomic mass is 10.1. The minimum Gasteiger partial charge on any atom is -0.326 e. The molecule has 1 heterocycles. The number of rotatable bonds is 4. The van der Waals surface area contributed by atoms with Gasteiger partial charge in [-0.2, -0.15) is 0 Å². The van der Waals surface area contributed by atoms with E-state index in [1.165, 1.54) is 6.92 Å². The lowest BCUT2D eigenvalue weighted by Crippen LogP contribution is -2.41. The second-order valence-electron chi connectivity index (χ2n) is 5.91. The molecule has 0 spiro atoms. The molecule has 1 fully saturated rings. The van der Waals surface area contributed by atoms with Crippen LogP contribution in [0.25, 0.3) is 0 Å². The Morgan fingerprint density at radius 3 is 2.36 bits per heavy atom. The third-order valence-electron chi connectivity index (χ3n) is 4.00. The van der Waals surface area contributed by atoms with Gasteiger partial charge < -0.3 is 10.6 Å². The van der Waals surface area contributed by atoms with E-state index in [9.17, 15) is 14.4 Å². The number of para-hydroxylation sites is 1. The predicted molar refractivity (Wildman–Crippen MR) is 96.3 cm³/mol. The zero-order valence-corrected chi connectivity index (χ0v) is 13.9. The summed E-state index contributed by atoms with van der Waals surface area (Å²) in [7, 11) is 0. The molecule has 2 N–H and O–H groups in total. The molecule has 128 valence electrons. The Morgan fingerprint density at radius 2 is 1.68 bits per heavy atom. The maximum Gasteiger partial charge on any atom is 0.247 e. The van der Waals surface area contributed by atoms with Crippen LogP contribution in [0.1, 0.15) is 19.8 Å². The van der Waals surface area contributed by atoms with Gasteiger partial charge in [0, 0.05) is 30.4 Å². The fourth-order valence-electron chi connectivity index (χ4n) is 2.95. The second-order valence-corrected chi connectivity index (χ2v) is 5.91. The summed E-state index contributed by atoms with van der Waals surface area (Å²) < 4.78 is 0. The summed E-state index contributed by atoms with van der Waals surface area (Å²) in [5.74, 6) is -0.479. The summed E-state index contributed by atoms with van der Waals surface area (Å²) in [6.45, 7) is 1.42. The van der Waals surface area contributed by atoms with Crippen molar-refractivity contribution in [2.24, 2.45) is 0 Å². The van der Waals surface area contributed by atoms with Crippen molar-refractivity contribution in [1.29, 1.82) is 0 Å². The minimum atomic E-state index is -0.542. The van der Waals surface area contributed by atoms with E-state index in [1.54, 1.807) is 29.2 Å². The van der Waals surface area contributed by atoms with Crippen LogP contribution < -0.4 is 15.5 Å². The van der Waals surface area contributed by atoms with E-state index in [0.717, 1.165) is 5.69 Å². The number of hydrogen-bond acceptors (Lipinski definition) is 3. The Morgan fingerprint density at radius 1 is 1.00 bits per heavy atom. The molecule has 0 radical (unpaired) electrons. The number of carbonyl (C=O) groups excluding carboxylic acids is 3. The van der Waals surface area contributed by atoms with Crippen molar-refractivity contribution in [2.45, 2.75) is 25.8 Å². The summed E-state index contributed by atoms with van der Waals surface area (Å²) in [6.07, 6.45) is 0.823. The molecule has 6 heteroatoms. The van der Waals surface area contributed by atoms with Gasteiger partial charge in [-0.05, 0) is 36.8 Å². The topological polar surface area (TPSA) is 78.5 Å². The van der Waals surface area contributed by atoms with Crippen molar-refractivity contribution in [3.63, 3.8) is 0 Å². The van der Waals surface area contributed by atoms with E-state index in [1.807, 2.05) is 30.3 Å². The van der Waals surface area contributed by atoms with Crippen molar-refractivity contribution >= 4 is 34.8 Å². The summed E-state index contributed by atoms with van der Waals surface area (Å²) in [6, 6.07) is 15.6. The Labute approximate surface area is 145 Å². The van der Waals surface area contributed by atoms with E-state index in [0.29, 0.717) is 24.2 Å². The highest BCUT2D eigenvalue weighted by atomic mass is 16.2. The second kappa shape index (κ2) is 7.17. The SMILES string of the molecule is CC(=O)Nc1cccc(NC(=O)C2CCC(=O)N2c2ccccc2)c1. The number of amides is 3. The van der Waals surface area contributed by atoms with Crippen molar-refractivity contribution < 1.29 is 14.4 Å². The molecule has 2 aromatic rings. The van der Waals surface area contributed by atoms with Crippen LogP contribution in [0.4, 0.5) is 17.1 Å². The van der Waals surface area contributed by atoms with E-state index < -0.39 is 6.04 Å². The van der Waals surface area contributed by atoms with Gasteiger partial charge in [-0.1, -0.05) is 24.3 Å². The van der Waals surface area contributed by atoms with Gasteiger partial charge in [0.25, 0.3) is 0 Å². The van der Waals surface area contributed by atoms with E-state index in [-0.39, 0.29) is 17.7 Å². The smallest absolute Gasteiger partial charge is 0.247 e. The van der Waals surface area contributed by atoms with Crippen molar-refractivity contribution in [1.82, 2.24) is 0 Å². The first-order chi connectivity index (χ1) is 12.0. The van der Waals surface area contributed by atoms with Crippen LogP contribution >= 0.6 is 0 Å². The maximum atomic E-state index is 12.7. The third-order valence-corrected chi connectivity index (χ3v) is 4.00. The zero-order chi connectivity index (χ0) is 17.8. The molecule has 1 atom stereocenters. The Kier molecular flexibility index (Phi) is 4.79. The normalized spacial score (nSPS) is 16.6. The quantitative estimate of drug-likeness (QED) is 0.900. The van der Waals surface area contributed by atoms with Gasteiger partial charge in [-0.25, -0.2) is 0 Å². The number of nitrogens with one attached hydrogen (secondary N) is 2. The number of benzene rings is 2. The highest BCUT2D eigenvalue weighted by Gasteiger charge is 2.37. The molecule has 1 aliphatic rings. The molecule has 3 amide bonds. The predicted octanol–water partition coefficient (Wildman–Crippen LogP) is 2.78. The van der Waals surface area contributed by atoms with Crippen LogP contribution in [0.5, 0.6) is 0 Å². The van der Waals surface area contributed by atoms with E-state index in [4.69, 9.17) is 0 Å². The molecule has 0 bridgehead atoms. The lowest BCUT2D eigenvalue weighted by molar-refractivity contribution is -0.120. The Hall–Kier alpha value is -3.15. The average Bonchev–Trinajstić information content (AvgIpc) is 2.97. The molecule has 6 nitrogen and oxygen atoms in total. The fourth-order valence-corrected chi connectivity index (χ4v) is 2.95. The molecule has 0 aliphatic carbocycles. The minimum absolute atomic E-state index is 0.0571. The highest BCUT2D eigenvalue weighted by molar-refractivity contribution is 6.07. The summed E-state index contributed by atoms with van der Waals surface area (Å²) >= 11 is 0. The third kappa shape index (κ3) is 3.85. The first-order valence-corrected chi connectivity index (χ1v) is 8.10. The molecule has 1 saturated heterocycles. The number of nitrogens with zero attached hydrogens (tertiary/aromatic N) is 1. The largest absolute Gasteiger partial charge is 0.326 e. The molecular weight excluding hydrogens is 318 g/mol. The van der Waals surface area contributed by atoms with Crippen LogP contribution in [0.2, 0.25) is 0 Å². The first-order valence-electron chi connectivity index (χ1n) is 8.10. The fraction of sp³-hybridized carbons (Fsp3) is 0.211. The van der Waals surface area contributed by atoms with Gasteiger partial charge in [-0.15, -0.1) is 0 Å². The van der Waals surface area contributed by atoms with Gasteiger partial charge in [-0.3, -0.25) is 19.3 Å². The monoisotopic (exact) mass is 337 g/mol. The van der Waals surface area contributed by atoms with Gasteiger partial charge in [0.1, 0.15) is 6.04 Å². The van der Waals surface area contributed by atoms with Crippen LogP contribution in [-0.2, 0) is 14.4 Å². The molecule has 1 aliphatic heterocycles. The average molecular weight is 337 g/mol. The number of hydrogen-bond donors (Lipinski definition) is 2. The Balaban J connectivity index is 1.76. The van der Waals surface area contributed by atoms with E-state index in [2.05, 4.69) is 10.6 Å². The molecule has 25 heavy (non-hydrogen) atoms. The maximum absolute atomic E-state index is 12.7. The van der Waals surface area contributed by atoms with Crippen LogP contribution in [0, 0.1) is 0 Å². The van der Waals surface area contributed by atoms with Crippen LogP contribution in [-0.4, -0.2) is 23.8 Å². The molecule has 1 unspecified atom stereocenters. The van der Waals surface area contributed by atoms with E-state index >= 15 is 0 Å². The Bertz CT molecular complexity index is 805. The van der Waals surface area contributed by atoms with Crippen LogP contribution in [0.3, 0.4) is 0 Å². The molecule has 0 saturated carbocycles. The summed E-state index contributed by atoms with van der Waals surface area (Å²) in [5, 5.41) is 5.51. The van der Waals surface area contributed by atoms with Gasteiger partial charge in [0.2, 0.25) is 17.7 Å². The standard InChI is InChI=1S/C19H19N3O3/c1-13(23)20-14-6-5-7-15(12-14)21-19(25)17-10-11-18(24)22(17)16-8-3-2-4-9-16/h2-9,12,17H,10-11H2,1H3,(H,20,23)(H,21,25). The van der Waals surface area contributed by atoms with Gasteiger partial charge in [0.05, 0.1) is 0 Å². The molecule has 3 rings (SSSR count). The highest BCUT2D eigenvalue weighted by Crippen LogP contribution is 2.27. The molecule has 0 aromatic heterocycles. The first kappa shape index (κ1) is 16.7. The van der Waals surface area contributed by atoms with Crippen molar-refractivity contribution in [2.75, 3.05) is 15.5 Å². The lowest BCUT2D eigenvalue weighted by Gasteiger charge is -2.24. The zero-order valence-electron chi connectivity index (χ0n) is 13.9.